The maximum Gasteiger partial charge on any atom is 0.253 e. The lowest BCUT2D eigenvalue weighted by Crippen LogP contribution is -2.24. The Morgan fingerprint density at radius 3 is 2.45 bits per heavy atom. The maximum atomic E-state index is 13.0. The van der Waals surface area contributed by atoms with E-state index in [1.807, 2.05) is 19.9 Å². The first-order chi connectivity index (χ1) is 14.0. The number of aromatic nitrogens is 1. The molecular formula is C23H21FN4O. The number of carbonyl (C=O) groups is 1. The third-order valence-electron chi connectivity index (χ3n) is 4.46. The van der Waals surface area contributed by atoms with E-state index in [1.165, 1.54) is 12.1 Å². The van der Waals surface area contributed by atoms with Crippen LogP contribution in [0.2, 0.25) is 0 Å². The molecule has 0 saturated carbocycles. The summed E-state index contributed by atoms with van der Waals surface area (Å²) in [6, 6.07) is 17.0. The van der Waals surface area contributed by atoms with Gasteiger partial charge in [0.2, 0.25) is 0 Å². The van der Waals surface area contributed by atoms with Crippen LogP contribution in [0.25, 0.3) is 0 Å². The molecule has 3 rings (SSSR count). The van der Waals surface area contributed by atoms with E-state index in [-0.39, 0.29) is 17.6 Å². The van der Waals surface area contributed by atoms with Crippen molar-refractivity contribution in [3.8, 4) is 6.07 Å². The Morgan fingerprint density at radius 1 is 1.14 bits per heavy atom. The summed E-state index contributed by atoms with van der Waals surface area (Å²) in [5.74, 6) is 0.201. The van der Waals surface area contributed by atoms with Crippen molar-refractivity contribution in [1.82, 2.24) is 10.3 Å². The van der Waals surface area contributed by atoms with E-state index < -0.39 is 0 Å². The number of amides is 1. The molecule has 0 radical (unpaired) electrons. The molecule has 1 amide bonds. The third kappa shape index (κ3) is 5.17. The normalized spacial score (nSPS) is 10.4. The molecule has 6 heteroatoms. The van der Waals surface area contributed by atoms with Crippen molar-refractivity contribution < 1.29 is 9.18 Å². The van der Waals surface area contributed by atoms with Crippen LogP contribution in [0.15, 0.2) is 60.8 Å². The van der Waals surface area contributed by atoms with Crippen molar-refractivity contribution in [1.29, 1.82) is 5.26 Å². The summed E-state index contributed by atoms with van der Waals surface area (Å²) >= 11 is 0. The zero-order valence-corrected chi connectivity index (χ0v) is 16.2. The van der Waals surface area contributed by atoms with Crippen LogP contribution in [0.3, 0.4) is 0 Å². The largest absolute Gasteiger partial charge is 0.348 e. The quantitative estimate of drug-likeness (QED) is 0.630. The number of halogens is 1. The van der Waals surface area contributed by atoms with Crippen LogP contribution in [-0.2, 0) is 6.54 Å². The molecule has 0 unspecified atom stereocenters. The molecule has 0 saturated heterocycles. The van der Waals surface area contributed by atoms with Gasteiger partial charge in [-0.25, -0.2) is 9.37 Å². The van der Waals surface area contributed by atoms with Gasteiger partial charge in [-0.05, 0) is 59.5 Å². The summed E-state index contributed by atoms with van der Waals surface area (Å²) in [7, 11) is 0. The van der Waals surface area contributed by atoms with E-state index >= 15 is 0 Å². The highest BCUT2D eigenvalue weighted by molar-refractivity contribution is 5.95. The van der Waals surface area contributed by atoms with Gasteiger partial charge in [0.05, 0.1) is 17.2 Å². The van der Waals surface area contributed by atoms with Crippen molar-refractivity contribution in [2.75, 3.05) is 5.32 Å². The monoisotopic (exact) mass is 388 g/mol. The minimum absolute atomic E-state index is 0.117. The number of pyridine rings is 1. The fourth-order valence-corrected chi connectivity index (χ4v) is 2.86. The second kappa shape index (κ2) is 8.98. The van der Waals surface area contributed by atoms with Crippen LogP contribution in [0.4, 0.5) is 15.9 Å². The average molecular weight is 388 g/mol. The number of rotatable bonds is 6. The van der Waals surface area contributed by atoms with E-state index in [9.17, 15) is 9.18 Å². The lowest BCUT2D eigenvalue weighted by molar-refractivity contribution is 0.0949. The predicted octanol–water partition coefficient (Wildman–Crippen LogP) is 4.89. The average Bonchev–Trinajstić information content (AvgIpc) is 2.73. The van der Waals surface area contributed by atoms with Crippen molar-refractivity contribution in [2.24, 2.45) is 0 Å². The minimum Gasteiger partial charge on any atom is -0.348 e. The number of hydrogen-bond acceptors (Lipinski definition) is 4. The van der Waals surface area contributed by atoms with Gasteiger partial charge in [0.15, 0.2) is 0 Å². The molecule has 5 nitrogen and oxygen atoms in total. The van der Waals surface area contributed by atoms with E-state index in [4.69, 9.17) is 5.26 Å². The van der Waals surface area contributed by atoms with E-state index in [1.54, 1.807) is 42.6 Å². The summed E-state index contributed by atoms with van der Waals surface area (Å²) in [5, 5.41) is 14.9. The summed E-state index contributed by atoms with van der Waals surface area (Å²) < 4.78 is 13.0. The van der Waals surface area contributed by atoms with Gasteiger partial charge in [0.1, 0.15) is 11.6 Å². The number of nitrogens with one attached hydrogen (secondary N) is 2. The first-order valence-corrected chi connectivity index (χ1v) is 9.26. The molecule has 0 aliphatic heterocycles. The molecule has 3 aromatic rings. The van der Waals surface area contributed by atoms with E-state index in [0.717, 1.165) is 16.8 Å². The number of benzene rings is 2. The number of nitrogens with zero attached hydrogens (tertiary/aromatic N) is 2. The number of carbonyl (C=O) groups excluding carboxylic acids is 1. The standard InChI is InChI=1S/C23H21FN4O/c1-15(2)20-11-22(28-19-9-5-16(12-25)6-10-19)26-14-21(20)23(29)27-13-17-3-7-18(24)8-4-17/h3-11,14-15H,13H2,1-2H3,(H,26,28)(H,27,29). The highest BCUT2D eigenvalue weighted by Gasteiger charge is 2.15. The Bertz CT molecular complexity index is 1040. The topological polar surface area (TPSA) is 77.8 Å². The van der Waals surface area contributed by atoms with Crippen LogP contribution < -0.4 is 10.6 Å². The van der Waals surface area contributed by atoms with Gasteiger partial charge in [-0.15, -0.1) is 0 Å². The highest BCUT2D eigenvalue weighted by atomic mass is 19.1. The van der Waals surface area contributed by atoms with E-state index in [2.05, 4.69) is 21.7 Å². The second-order valence-corrected chi connectivity index (χ2v) is 6.93. The van der Waals surface area contributed by atoms with Gasteiger partial charge in [-0.1, -0.05) is 26.0 Å². The Labute approximate surface area is 169 Å². The SMILES string of the molecule is CC(C)c1cc(Nc2ccc(C#N)cc2)ncc1C(=O)NCc1ccc(F)cc1. The molecule has 1 aromatic heterocycles. The molecule has 2 aromatic carbocycles. The van der Waals surface area contributed by atoms with Crippen molar-refractivity contribution in [2.45, 2.75) is 26.3 Å². The van der Waals surface area contributed by atoms with E-state index in [0.29, 0.717) is 23.5 Å². The smallest absolute Gasteiger partial charge is 0.253 e. The van der Waals surface area contributed by atoms with Gasteiger partial charge < -0.3 is 10.6 Å². The summed E-state index contributed by atoms with van der Waals surface area (Å²) in [6.45, 7) is 4.33. The third-order valence-corrected chi connectivity index (χ3v) is 4.46. The van der Waals surface area contributed by atoms with Crippen LogP contribution in [0, 0.1) is 17.1 Å². The Balaban J connectivity index is 1.75. The molecule has 0 spiro atoms. The lowest BCUT2D eigenvalue weighted by atomic mass is 9.98. The Morgan fingerprint density at radius 2 is 1.83 bits per heavy atom. The summed E-state index contributed by atoms with van der Waals surface area (Å²) in [4.78, 5) is 17.0. The summed E-state index contributed by atoms with van der Waals surface area (Å²) in [6.07, 6.45) is 1.56. The molecular weight excluding hydrogens is 367 g/mol. The highest BCUT2D eigenvalue weighted by Crippen LogP contribution is 2.24. The number of nitriles is 1. The fourth-order valence-electron chi connectivity index (χ4n) is 2.86. The molecule has 0 atom stereocenters. The van der Waals surface area contributed by atoms with Crippen molar-refractivity contribution >= 4 is 17.4 Å². The molecule has 2 N–H and O–H groups in total. The minimum atomic E-state index is -0.309. The summed E-state index contributed by atoms with van der Waals surface area (Å²) in [5.41, 5.74) is 3.58. The van der Waals surface area contributed by atoms with Crippen molar-refractivity contribution in [3.05, 3.63) is 88.9 Å². The molecule has 0 aliphatic rings. The number of hydrogen-bond donors (Lipinski definition) is 2. The first-order valence-electron chi connectivity index (χ1n) is 9.26. The lowest BCUT2D eigenvalue weighted by Gasteiger charge is -2.15. The molecule has 0 fully saturated rings. The maximum absolute atomic E-state index is 13.0. The van der Waals surface area contributed by atoms with Gasteiger partial charge in [-0.3, -0.25) is 4.79 Å². The van der Waals surface area contributed by atoms with Crippen LogP contribution >= 0.6 is 0 Å². The van der Waals surface area contributed by atoms with Gasteiger partial charge in [0.25, 0.3) is 5.91 Å². The Hall–Kier alpha value is -3.72. The van der Waals surface area contributed by atoms with Gasteiger partial charge in [0, 0.05) is 18.4 Å². The van der Waals surface area contributed by atoms with Gasteiger partial charge >= 0.3 is 0 Å². The van der Waals surface area contributed by atoms with Crippen LogP contribution in [-0.4, -0.2) is 10.9 Å². The van der Waals surface area contributed by atoms with Gasteiger partial charge in [-0.2, -0.15) is 5.26 Å². The Kier molecular flexibility index (Phi) is 6.20. The predicted molar refractivity (Wildman–Crippen MR) is 110 cm³/mol. The fraction of sp³-hybridized carbons (Fsp3) is 0.174. The van der Waals surface area contributed by atoms with Crippen LogP contribution in [0.1, 0.15) is 46.8 Å². The molecule has 1 heterocycles. The second-order valence-electron chi connectivity index (χ2n) is 6.93. The molecule has 29 heavy (non-hydrogen) atoms. The zero-order valence-electron chi connectivity index (χ0n) is 16.2. The molecule has 146 valence electrons. The zero-order chi connectivity index (χ0) is 20.8. The first kappa shape index (κ1) is 20.0. The molecule has 0 bridgehead atoms. The number of anilines is 2. The van der Waals surface area contributed by atoms with Crippen LogP contribution in [0.5, 0.6) is 0 Å². The van der Waals surface area contributed by atoms with Crippen molar-refractivity contribution in [3.63, 3.8) is 0 Å². The molecule has 0 aliphatic carbocycles.